The van der Waals surface area contributed by atoms with Gasteiger partial charge < -0.3 is 10.3 Å². The van der Waals surface area contributed by atoms with Gasteiger partial charge in [-0.3, -0.25) is 9.78 Å². The summed E-state index contributed by atoms with van der Waals surface area (Å²) < 4.78 is 0. The molecule has 5 nitrogen and oxygen atoms in total. The fourth-order valence-electron chi connectivity index (χ4n) is 1.64. The minimum Gasteiger partial charge on any atom is -0.316 e. The van der Waals surface area contributed by atoms with Gasteiger partial charge in [-0.15, -0.1) is 0 Å². The van der Waals surface area contributed by atoms with Crippen molar-refractivity contribution in [2.75, 3.05) is 13.1 Å². The van der Waals surface area contributed by atoms with E-state index in [0.717, 1.165) is 19.5 Å². The van der Waals surface area contributed by atoms with Gasteiger partial charge in [-0.25, -0.2) is 4.79 Å². The summed E-state index contributed by atoms with van der Waals surface area (Å²) in [6, 6.07) is 0. The molecule has 1 aromatic heterocycles. The van der Waals surface area contributed by atoms with Crippen molar-refractivity contribution >= 4 is 0 Å². The molecule has 0 amide bonds. The summed E-state index contributed by atoms with van der Waals surface area (Å²) in [5, 5.41) is 3.17. The molecule has 5 heteroatoms. The molecule has 1 atom stereocenters. The van der Waals surface area contributed by atoms with Gasteiger partial charge in [0.2, 0.25) is 0 Å². The second kappa shape index (κ2) is 3.18. The van der Waals surface area contributed by atoms with Crippen LogP contribution in [-0.4, -0.2) is 23.1 Å². The molecule has 0 spiro atoms. The average Bonchev–Trinajstić information content (AvgIpc) is 2.56. The zero-order chi connectivity index (χ0) is 9.26. The molecule has 1 fully saturated rings. The highest BCUT2D eigenvalue weighted by Gasteiger charge is 2.19. The van der Waals surface area contributed by atoms with Crippen molar-refractivity contribution in [1.29, 1.82) is 0 Å². The van der Waals surface area contributed by atoms with Crippen LogP contribution in [0.2, 0.25) is 0 Å². The molecule has 1 aliphatic heterocycles. The molecule has 2 rings (SSSR count). The third-order valence-corrected chi connectivity index (χ3v) is 2.35. The predicted molar refractivity (Wildman–Crippen MR) is 47.9 cm³/mol. The standard InChI is InChI=1S/C8H11N3O2/c12-7-6(4-10-8(13)11-7)5-1-2-9-3-5/h4-5,9H,1-3H2,(H2,10,11,12,13). The summed E-state index contributed by atoms with van der Waals surface area (Å²) in [5.74, 6) is 0.237. The Labute approximate surface area is 74.2 Å². The van der Waals surface area contributed by atoms with Crippen LogP contribution in [0.4, 0.5) is 0 Å². The van der Waals surface area contributed by atoms with E-state index >= 15 is 0 Å². The van der Waals surface area contributed by atoms with Crippen LogP contribution in [0.15, 0.2) is 15.8 Å². The number of H-pyrrole nitrogens is 2. The molecule has 1 saturated heterocycles. The zero-order valence-corrected chi connectivity index (χ0v) is 7.09. The molecular formula is C8H11N3O2. The lowest BCUT2D eigenvalue weighted by Gasteiger charge is -2.05. The molecule has 0 saturated carbocycles. The molecule has 0 aromatic carbocycles. The van der Waals surface area contributed by atoms with Crippen LogP contribution < -0.4 is 16.6 Å². The lowest BCUT2D eigenvalue weighted by molar-refractivity contribution is 0.739. The summed E-state index contributed by atoms with van der Waals surface area (Å²) >= 11 is 0. The Kier molecular flexibility index (Phi) is 2.02. The van der Waals surface area contributed by atoms with E-state index in [1.54, 1.807) is 0 Å². The van der Waals surface area contributed by atoms with Crippen LogP contribution in [0.5, 0.6) is 0 Å². The fraction of sp³-hybridized carbons (Fsp3) is 0.500. The van der Waals surface area contributed by atoms with Crippen LogP contribution in [0, 0.1) is 0 Å². The number of hydrogen-bond donors (Lipinski definition) is 3. The summed E-state index contributed by atoms with van der Waals surface area (Å²) in [5.41, 5.74) is -0.0400. The number of hydrogen-bond acceptors (Lipinski definition) is 3. The van der Waals surface area contributed by atoms with Gasteiger partial charge >= 0.3 is 5.69 Å². The molecule has 0 bridgehead atoms. The Morgan fingerprint density at radius 3 is 2.85 bits per heavy atom. The molecule has 13 heavy (non-hydrogen) atoms. The summed E-state index contributed by atoms with van der Waals surface area (Å²) in [6.45, 7) is 1.75. The van der Waals surface area contributed by atoms with E-state index in [2.05, 4.69) is 15.3 Å². The maximum absolute atomic E-state index is 11.3. The predicted octanol–water partition coefficient (Wildman–Crippen LogP) is -0.860. The van der Waals surface area contributed by atoms with Crippen LogP contribution >= 0.6 is 0 Å². The molecule has 2 heterocycles. The Bertz CT molecular complexity index is 400. The van der Waals surface area contributed by atoms with Gasteiger partial charge in [-0.2, -0.15) is 0 Å². The number of aromatic amines is 2. The van der Waals surface area contributed by atoms with Crippen molar-refractivity contribution in [2.45, 2.75) is 12.3 Å². The summed E-state index contributed by atoms with van der Waals surface area (Å²) in [7, 11) is 0. The Balaban J connectivity index is 2.40. The topological polar surface area (TPSA) is 77.8 Å². The number of nitrogens with one attached hydrogen (secondary N) is 3. The maximum Gasteiger partial charge on any atom is 0.325 e. The first-order chi connectivity index (χ1) is 6.27. The molecule has 70 valence electrons. The lowest BCUT2D eigenvalue weighted by atomic mass is 10.0. The maximum atomic E-state index is 11.3. The van der Waals surface area contributed by atoms with E-state index in [1.165, 1.54) is 6.20 Å². The van der Waals surface area contributed by atoms with E-state index in [1.807, 2.05) is 0 Å². The third kappa shape index (κ3) is 1.55. The highest BCUT2D eigenvalue weighted by Crippen LogP contribution is 2.17. The van der Waals surface area contributed by atoms with Crippen molar-refractivity contribution < 1.29 is 0 Å². The molecular weight excluding hydrogens is 170 g/mol. The molecule has 3 N–H and O–H groups in total. The largest absolute Gasteiger partial charge is 0.325 e. The van der Waals surface area contributed by atoms with E-state index in [4.69, 9.17) is 0 Å². The Morgan fingerprint density at radius 1 is 1.38 bits per heavy atom. The van der Waals surface area contributed by atoms with E-state index in [9.17, 15) is 9.59 Å². The first-order valence-electron chi connectivity index (χ1n) is 4.30. The molecule has 1 aromatic rings. The monoisotopic (exact) mass is 181 g/mol. The van der Waals surface area contributed by atoms with E-state index in [-0.39, 0.29) is 11.5 Å². The first kappa shape index (κ1) is 8.25. The van der Waals surface area contributed by atoms with Crippen molar-refractivity contribution in [3.05, 3.63) is 32.6 Å². The second-order valence-electron chi connectivity index (χ2n) is 3.22. The SMILES string of the molecule is O=c1[nH]cc(C2CCNC2)c(=O)[nH]1. The zero-order valence-electron chi connectivity index (χ0n) is 7.09. The van der Waals surface area contributed by atoms with Gasteiger partial charge in [0.05, 0.1) is 0 Å². The Morgan fingerprint density at radius 2 is 2.23 bits per heavy atom. The summed E-state index contributed by atoms with van der Waals surface area (Å²) in [6.07, 6.45) is 2.47. The van der Waals surface area contributed by atoms with Crippen LogP contribution in [-0.2, 0) is 0 Å². The normalized spacial score (nSPS) is 22.0. The van der Waals surface area contributed by atoms with Crippen LogP contribution in [0.25, 0.3) is 0 Å². The highest BCUT2D eigenvalue weighted by atomic mass is 16.2. The minimum atomic E-state index is -0.445. The van der Waals surface area contributed by atoms with Crippen molar-refractivity contribution in [3.8, 4) is 0 Å². The number of rotatable bonds is 1. The van der Waals surface area contributed by atoms with Gasteiger partial charge in [0, 0.05) is 24.2 Å². The lowest BCUT2D eigenvalue weighted by Crippen LogP contribution is -2.26. The highest BCUT2D eigenvalue weighted by molar-refractivity contribution is 5.12. The van der Waals surface area contributed by atoms with Gasteiger partial charge in [0.15, 0.2) is 0 Å². The smallest absolute Gasteiger partial charge is 0.316 e. The van der Waals surface area contributed by atoms with Gasteiger partial charge in [0.25, 0.3) is 5.56 Å². The van der Waals surface area contributed by atoms with Gasteiger partial charge in [-0.1, -0.05) is 0 Å². The van der Waals surface area contributed by atoms with E-state index < -0.39 is 5.69 Å². The number of aromatic nitrogens is 2. The van der Waals surface area contributed by atoms with Crippen molar-refractivity contribution in [3.63, 3.8) is 0 Å². The Hall–Kier alpha value is -1.36. The molecule has 1 unspecified atom stereocenters. The van der Waals surface area contributed by atoms with E-state index in [0.29, 0.717) is 5.56 Å². The van der Waals surface area contributed by atoms with Gasteiger partial charge in [0.1, 0.15) is 0 Å². The first-order valence-corrected chi connectivity index (χ1v) is 4.30. The van der Waals surface area contributed by atoms with Gasteiger partial charge in [-0.05, 0) is 13.0 Å². The second-order valence-corrected chi connectivity index (χ2v) is 3.22. The fourth-order valence-corrected chi connectivity index (χ4v) is 1.64. The quantitative estimate of drug-likeness (QED) is 0.527. The van der Waals surface area contributed by atoms with Crippen molar-refractivity contribution in [1.82, 2.24) is 15.3 Å². The summed E-state index contributed by atoms with van der Waals surface area (Å²) in [4.78, 5) is 26.8. The minimum absolute atomic E-state index is 0.237. The molecule has 0 radical (unpaired) electrons. The molecule has 0 aliphatic carbocycles. The molecule has 1 aliphatic rings. The van der Waals surface area contributed by atoms with Crippen LogP contribution in [0.1, 0.15) is 17.9 Å². The van der Waals surface area contributed by atoms with Crippen molar-refractivity contribution in [2.24, 2.45) is 0 Å². The third-order valence-electron chi connectivity index (χ3n) is 2.35. The van der Waals surface area contributed by atoms with Crippen LogP contribution in [0.3, 0.4) is 0 Å². The average molecular weight is 181 g/mol.